The molecule has 0 saturated carbocycles. The third kappa shape index (κ3) is 3.33. The molecule has 0 unspecified atom stereocenters. The van der Waals surface area contributed by atoms with Gasteiger partial charge in [-0.2, -0.15) is 0 Å². The fourth-order valence-corrected chi connectivity index (χ4v) is 1.84. The molecule has 0 aliphatic heterocycles. The Morgan fingerprint density at radius 1 is 1.50 bits per heavy atom. The number of para-hydroxylation sites is 1. The van der Waals surface area contributed by atoms with E-state index in [2.05, 4.69) is 0 Å². The highest BCUT2D eigenvalue weighted by Gasteiger charge is 2.25. The molecule has 0 bridgehead atoms. The molecule has 6 nitrogen and oxygen atoms in total. The Labute approximate surface area is 106 Å². The first-order chi connectivity index (χ1) is 8.26. The van der Waals surface area contributed by atoms with E-state index in [0.717, 1.165) is 0 Å². The highest BCUT2D eigenvalue weighted by atomic mass is 16.6. The summed E-state index contributed by atoms with van der Waals surface area (Å²) in [5, 5.41) is 20.9. The predicted molar refractivity (Wildman–Crippen MR) is 71.7 cm³/mol. The maximum atomic E-state index is 11.1. The van der Waals surface area contributed by atoms with Gasteiger partial charge in [-0.15, -0.1) is 0 Å². The zero-order valence-corrected chi connectivity index (χ0v) is 10.9. The summed E-state index contributed by atoms with van der Waals surface area (Å²) in [5.41, 5.74) is 5.17. The average molecular weight is 253 g/mol. The zero-order chi connectivity index (χ0) is 13.9. The van der Waals surface area contributed by atoms with Gasteiger partial charge in [-0.3, -0.25) is 10.1 Å². The van der Waals surface area contributed by atoms with Gasteiger partial charge in [0.1, 0.15) is 11.4 Å². The Balaban J connectivity index is 3.21. The molecule has 0 amide bonds. The summed E-state index contributed by atoms with van der Waals surface area (Å²) in [6.45, 7) is 6.04. The molecule has 0 atom stereocenters. The third-order valence-corrected chi connectivity index (χ3v) is 2.53. The number of nitro groups is 1. The summed E-state index contributed by atoms with van der Waals surface area (Å²) < 4.78 is 0. The minimum Gasteiger partial charge on any atom is -0.393 e. The van der Waals surface area contributed by atoms with Crippen LogP contribution < -0.4 is 10.6 Å². The van der Waals surface area contributed by atoms with Crippen LogP contribution in [0.25, 0.3) is 0 Å². The van der Waals surface area contributed by atoms with E-state index in [9.17, 15) is 15.2 Å². The maximum Gasteiger partial charge on any atom is 0.315 e. The second kappa shape index (κ2) is 5.22. The summed E-state index contributed by atoms with van der Waals surface area (Å²) in [4.78, 5) is 12.3. The SMILES string of the molecule is CCN(CC(C)(C)O)c1cccc(N)c1[N+](=O)[O-]. The number of nitro benzene ring substituents is 1. The van der Waals surface area contributed by atoms with Crippen LogP contribution in [0, 0.1) is 10.1 Å². The van der Waals surface area contributed by atoms with Crippen LogP contribution in [-0.4, -0.2) is 28.7 Å². The van der Waals surface area contributed by atoms with Gasteiger partial charge in [0.25, 0.3) is 0 Å². The molecule has 0 saturated heterocycles. The first-order valence-electron chi connectivity index (χ1n) is 5.76. The molecular formula is C12H19N3O3. The van der Waals surface area contributed by atoms with Crippen LogP contribution in [0.15, 0.2) is 18.2 Å². The van der Waals surface area contributed by atoms with Gasteiger partial charge in [0, 0.05) is 13.1 Å². The van der Waals surface area contributed by atoms with E-state index in [4.69, 9.17) is 5.73 Å². The van der Waals surface area contributed by atoms with Crippen molar-refractivity contribution in [3.63, 3.8) is 0 Å². The molecule has 0 aromatic heterocycles. The molecule has 0 fully saturated rings. The van der Waals surface area contributed by atoms with Crippen LogP contribution >= 0.6 is 0 Å². The van der Waals surface area contributed by atoms with E-state index in [1.807, 2.05) is 6.92 Å². The number of nitrogens with zero attached hydrogens (tertiary/aromatic N) is 2. The summed E-state index contributed by atoms with van der Waals surface area (Å²) >= 11 is 0. The van der Waals surface area contributed by atoms with Gasteiger partial charge in [-0.05, 0) is 32.9 Å². The predicted octanol–water partition coefficient (Wildman–Crippen LogP) is 1.77. The van der Waals surface area contributed by atoms with Crippen molar-refractivity contribution in [1.29, 1.82) is 0 Å². The van der Waals surface area contributed by atoms with E-state index >= 15 is 0 Å². The lowest BCUT2D eigenvalue weighted by Crippen LogP contribution is -2.38. The maximum absolute atomic E-state index is 11.1. The fraction of sp³-hybridized carbons (Fsp3) is 0.500. The largest absolute Gasteiger partial charge is 0.393 e. The summed E-state index contributed by atoms with van der Waals surface area (Å²) in [5.74, 6) is 0. The van der Waals surface area contributed by atoms with Gasteiger partial charge in [0.05, 0.1) is 10.5 Å². The Morgan fingerprint density at radius 3 is 2.56 bits per heavy atom. The average Bonchev–Trinajstić information content (AvgIpc) is 2.23. The van der Waals surface area contributed by atoms with Crippen molar-refractivity contribution in [2.24, 2.45) is 0 Å². The van der Waals surface area contributed by atoms with Crippen molar-refractivity contribution in [1.82, 2.24) is 0 Å². The van der Waals surface area contributed by atoms with E-state index in [-0.39, 0.29) is 11.4 Å². The third-order valence-electron chi connectivity index (χ3n) is 2.53. The first-order valence-corrected chi connectivity index (χ1v) is 5.76. The normalized spacial score (nSPS) is 11.3. The Morgan fingerprint density at radius 2 is 2.11 bits per heavy atom. The lowest BCUT2D eigenvalue weighted by Gasteiger charge is -2.29. The topological polar surface area (TPSA) is 92.6 Å². The highest BCUT2D eigenvalue weighted by molar-refractivity contribution is 5.75. The van der Waals surface area contributed by atoms with Crippen LogP contribution in [0.5, 0.6) is 0 Å². The Hall–Kier alpha value is -1.82. The molecule has 0 aliphatic rings. The smallest absolute Gasteiger partial charge is 0.315 e. The van der Waals surface area contributed by atoms with Gasteiger partial charge in [0.15, 0.2) is 0 Å². The first kappa shape index (κ1) is 14.2. The number of rotatable bonds is 5. The van der Waals surface area contributed by atoms with Crippen LogP contribution in [0.2, 0.25) is 0 Å². The zero-order valence-electron chi connectivity index (χ0n) is 10.9. The number of nitrogen functional groups attached to an aromatic ring is 1. The molecule has 6 heteroatoms. The molecule has 1 rings (SSSR count). The van der Waals surface area contributed by atoms with Gasteiger partial charge < -0.3 is 15.7 Å². The lowest BCUT2D eigenvalue weighted by molar-refractivity contribution is -0.383. The minimum absolute atomic E-state index is 0.108. The van der Waals surface area contributed by atoms with E-state index < -0.39 is 10.5 Å². The summed E-state index contributed by atoms with van der Waals surface area (Å²) in [6, 6.07) is 4.81. The molecule has 0 radical (unpaired) electrons. The van der Waals surface area contributed by atoms with Crippen molar-refractivity contribution in [2.75, 3.05) is 23.7 Å². The van der Waals surface area contributed by atoms with Crippen LogP contribution in [0.3, 0.4) is 0 Å². The van der Waals surface area contributed by atoms with Crippen molar-refractivity contribution in [2.45, 2.75) is 26.4 Å². The second-order valence-electron chi connectivity index (χ2n) is 4.80. The standard InChI is InChI=1S/C12H19N3O3/c1-4-14(8-12(2,3)16)10-7-5-6-9(13)11(10)15(17)18/h5-7,16H,4,8,13H2,1-3H3. The Kier molecular flexibility index (Phi) is 4.13. The molecule has 0 heterocycles. The van der Waals surface area contributed by atoms with Gasteiger partial charge >= 0.3 is 5.69 Å². The van der Waals surface area contributed by atoms with Crippen molar-refractivity contribution in [3.05, 3.63) is 28.3 Å². The highest BCUT2D eigenvalue weighted by Crippen LogP contribution is 2.34. The van der Waals surface area contributed by atoms with Gasteiger partial charge in [-0.25, -0.2) is 0 Å². The number of benzene rings is 1. The molecule has 100 valence electrons. The quantitative estimate of drug-likeness (QED) is 0.474. The number of anilines is 2. The van der Waals surface area contributed by atoms with Crippen molar-refractivity contribution < 1.29 is 10.0 Å². The number of hydrogen-bond acceptors (Lipinski definition) is 5. The minimum atomic E-state index is -0.936. The number of nitrogens with two attached hydrogens (primary N) is 1. The number of hydrogen-bond donors (Lipinski definition) is 2. The number of aliphatic hydroxyl groups is 1. The van der Waals surface area contributed by atoms with E-state index in [0.29, 0.717) is 18.8 Å². The monoisotopic (exact) mass is 253 g/mol. The molecule has 1 aromatic rings. The summed E-state index contributed by atoms with van der Waals surface area (Å²) in [7, 11) is 0. The summed E-state index contributed by atoms with van der Waals surface area (Å²) in [6.07, 6.45) is 0. The van der Waals surface area contributed by atoms with Crippen LogP contribution in [-0.2, 0) is 0 Å². The van der Waals surface area contributed by atoms with Gasteiger partial charge in [-0.1, -0.05) is 6.07 Å². The molecule has 0 aliphatic carbocycles. The molecule has 18 heavy (non-hydrogen) atoms. The second-order valence-corrected chi connectivity index (χ2v) is 4.80. The molecule has 0 spiro atoms. The van der Waals surface area contributed by atoms with Crippen molar-refractivity contribution in [3.8, 4) is 0 Å². The molecule has 3 N–H and O–H groups in total. The number of likely N-dealkylation sites (N-methyl/N-ethyl adjacent to an activating group) is 1. The fourth-order valence-electron chi connectivity index (χ4n) is 1.84. The van der Waals surface area contributed by atoms with Crippen molar-refractivity contribution >= 4 is 17.1 Å². The van der Waals surface area contributed by atoms with E-state index in [1.54, 1.807) is 30.9 Å². The molecular weight excluding hydrogens is 234 g/mol. The van der Waals surface area contributed by atoms with Crippen LogP contribution in [0.1, 0.15) is 20.8 Å². The van der Waals surface area contributed by atoms with E-state index in [1.165, 1.54) is 6.07 Å². The Bertz CT molecular complexity index is 441. The van der Waals surface area contributed by atoms with Gasteiger partial charge in [0.2, 0.25) is 0 Å². The molecule has 1 aromatic carbocycles. The lowest BCUT2D eigenvalue weighted by atomic mass is 10.1. The van der Waals surface area contributed by atoms with Crippen LogP contribution in [0.4, 0.5) is 17.1 Å².